The molecular weight excluding hydrogens is 380 g/mol. The van der Waals surface area contributed by atoms with Crippen LogP contribution in [0.5, 0.6) is 0 Å². The molecule has 27 heavy (non-hydrogen) atoms. The minimum absolute atomic E-state index is 0.0592. The summed E-state index contributed by atoms with van der Waals surface area (Å²) in [7, 11) is 0. The summed E-state index contributed by atoms with van der Waals surface area (Å²) in [6.45, 7) is 6.72. The number of aromatic nitrogens is 3. The van der Waals surface area contributed by atoms with E-state index in [0.29, 0.717) is 11.6 Å². The fourth-order valence-corrected chi connectivity index (χ4v) is 3.74. The van der Waals surface area contributed by atoms with Gasteiger partial charge in [0.15, 0.2) is 11.0 Å². The van der Waals surface area contributed by atoms with Gasteiger partial charge < -0.3 is 9.88 Å². The number of rotatable bonds is 6. The van der Waals surface area contributed by atoms with E-state index < -0.39 is 0 Å². The van der Waals surface area contributed by atoms with E-state index in [9.17, 15) is 4.79 Å². The number of anilines is 1. The fraction of sp³-hybridized carbons (Fsp3) is 0.250. The van der Waals surface area contributed by atoms with Gasteiger partial charge in [-0.15, -0.1) is 10.2 Å². The van der Waals surface area contributed by atoms with E-state index in [1.165, 1.54) is 11.8 Å². The highest BCUT2D eigenvalue weighted by Gasteiger charge is 2.15. The number of halogens is 1. The maximum atomic E-state index is 12.4. The van der Waals surface area contributed by atoms with Crippen molar-refractivity contribution in [3.8, 4) is 11.4 Å². The van der Waals surface area contributed by atoms with Gasteiger partial charge in [0.1, 0.15) is 0 Å². The first kappa shape index (κ1) is 19.5. The third kappa shape index (κ3) is 4.51. The third-order valence-corrected chi connectivity index (χ3v) is 5.43. The molecule has 1 N–H and O–H groups in total. The Hall–Kier alpha value is -2.31. The van der Waals surface area contributed by atoms with Crippen LogP contribution in [0.2, 0.25) is 5.02 Å². The van der Waals surface area contributed by atoms with Crippen LogP contribution >= 0.6 is 23.4 Å². The van der Waals surface area contributed by atoms with Crippen molar-refractivity contribution >= 4 is 35.0 Å². The normalized spacial score (nSPS) is 10.8. The summed E-state index contributed by atoms with van der Waals surface area (Å²) in [5.74, 6) is 0.981. The molecule has 0 bridgehead atoms. The number of carbonyl (C=O) groups excluding carboxylic acids is 1. The number of nitrogens with zero attached hydrogens (tertiary/aromatic N) is 3. The molecule has 0 spiro atoms. The number of aryl methyl sites for hydroxylation is 2. The first-order valence-corrected chi connectivity index (χ1v) is 10.0. The highest BCUT2D eigenvalue weighted by Crippen LogP contribution is 2.26. The van der Waals surface area contributed by atoms with Crippen LogP contribution in [-0.4, -0.2) is 26.4 Å². The Kier molecular flexibility index (Phi) is 6.19. The molecule has 0 saturated carbocycles. The second-order valence-corrected chi connectivity index (χ2v) is 7.54. The predicted molar refractivity (Wildman–Crippen MR) is 111 cm³/mol. The van der Waals surface area contributed by atoms with Crippen molar-refractivity contribution in [3.63, 3.8) is 0 Å². The van der Waals surface area contributed by atoms with Crippen molar-refractivity contribution in [1.82, 2.24) is 14.8 Å². The monoisotopic (exact) mass is 400 g/mol. The van der Waals surface area contributed by atoms with Gasteiger partial charge in [-0.3, -0.25) is 4.79 Å². The SMILES string of the molecule is CCn1c(SCC(=O)Nc2c(C)cccc2C)nnc1-c1ccc(Cl)cc1. The molecule has 1 aromatic heterocycles. The number of benzene rings is 2. The standard InChI is InChI=1S/C20H21ClN4OS/c1-4-25-19(15-8-10-16(21)11-9-15)23-24-20(25)27-12-17(26)22-18-13(2)6-5-7-14(18)3/h5-11H,4,12H2,1-3H3,(H,22,26). The van der Waals surface area contributed by atoms with Crippen LogP contribution < -0.4 is 5.32 Å². The Balaban J connectivity index is 1.71. The van der Waals surface area contributed by atoms with Gasteiger partial charge in [-0.1, -0.05) is 41.6 Å². The van der Waals surface area contributed by atoms with E-state index in [4.69, 9.17) is 11.6 Å². The number of nitrogens with one attached hydrogen (secondary N) is 1. The molecule has 0 atom stereocenters. The molecule has 1 heterocycles. The minimum Gasteiger partial charge on any atom is -0.325 e. The predicted octanol–water partition coefficient (Wildman–Crippen LogP) is 4.97. The molecule has 3 aromatic rings. The number of carbonyl (C=O) groups is 1. The number of para-hydroxylation sites is 1. The molecule has 0 radical (unpaired) electrons. The number of thioether (sulfide) groups is 1. The lowest BCUT2D eigenvalue weighted by Gasteiger charge is -2.11. The summed E-state index contributed by atoms with van der Waals surface area (Å²) in [6.07, 6.45) is 0. The molecule has 0 aliphatic heterocycles. The summed E-state index contributed by atoms with van der Waals surface area (Å²) in [5, 5.41) is 13.0. The van der Waals surface area contributed by atoms with Crippen molar-refractivity contribution in [2.24, 2.45) is 0 Å². The maximum absolute atomic E-state index is 12.4. The van der Waals surface area contributed by atoms with Gasteiger partial charge in [-0.2, -0.15) is 0 Å². The van der Waals surface area contributed by atoms with E-state index >= 15 is 0 Å². The highest BCUT2D eigenvalue weighted by atomic mass is 35.5. The lowest BCUT2D eigenvalue weighted by Crippen LogP contribution is -2.16. The lowest BCUT2D eigenvalue weighted by atomic mass is 10.1. The molecule has 5 nitrogen and oxygen atoms in total. The molecule has 0 aliphatic carbocycles. The molecule has 0 aliphatic rings. The third-order valence-electron chi connectivity index (χ3n) is 4.21. The average molecular weight is 401 g/mol. The summed E-state index contributed by atoms with van der Waals surface area (Å²) in [6, 6.07) is 13.5. The van der Waals surface area contributed by atoms with Crippen molar-refractivity contribution in [3.05, 3.63) is 58.6 Å². The Morgan fingerprint density at radius 2 is 1.78 bits per heavy atom. The van der Waals surface area contributed by atoms with Gasteiger partial charge in [0.05, 0.1) is 5.75 Å². The molecule has 0 unspecified atom stereocenters. The van der Waals surface area contributed by atoms with Crippen LogP contribution in [-0.2, 0) is 11.3 Å². The van der Waals surface area contributed by atoms with Crippen LogP contribution in [0.1, 0.15) is 18.1 Å². The number of hydrogen-bond acceptors (Lipinski definition) is 4. The molecule has 0 fully saturated rings. The van der Waals surface area contributed by atoms with Crippen LogP contribution in [0.15, 0.2) is 47.6 Å². The van der Waals surface area contributed by atoms with Gasteiger partial charge >= 0.3 is 0 Å². The topological polar surface area (TPSA) is 59.8 Å². The quantitative estimate of drug-likeness (QED) is 0.593. The van der Waals surface area contributed by atoms with Crippen LogP contribution in [0.3, 0.4) is 0 Å². The maximum Gasteiger partial charge on any atom is 0.234 e. The van der Waals surface area contributed by atoms with Crippen LogP contribution in [0, 0.1) is 13.8 Å². The molecule has 1 amide bonds. The average Bonchev–Trinajstić information content (AvgIpc) is 3.06. The summed E-state index contributed by atoms with van der Waals surface area (Å²) in [4.78, 5) is 12.4. The van der Waals surface area contributed by atoms with E-state index in [-0.39, 0.29) is 11.7 Å². The first-order valence-electron chi connectivity index (χ1n) is 8.67. The molecule has 7 heteroatoms. The van der Waals surface area contributed by atoms with Crippen molar-refractivity contribution in [2.45, 2.75) is 32.5 Å². The Morgan fingerprint density at radius 1 is 1.11 bits per heavy atom. The second-order valence-electron chi connectivity index (χ2n) is 6.16. The van der Waals surface area contributed by atoms with Gasteiger partial charge in [-0.05, 0) is 56.2 Å². The Labute approximate surface area is 168 Å². The van der Waals surface area contributed by atoms with Gasteiger partial charge in [-0.25, -0.2) is 0 Å². The zero-order valence-corrected chi connectivity index (χ0v) is 17.1. The number of amides is 1. The van der Waals surface area contributed by atoms with E-state index in [2.05, 4.69) is 15.5 Å². The van der Waals surface area contributed by atoms with E-state index in [1.807, 2.05) is 67.8 Å². The largest absolute Gasteiger partial charge is 0.325 e. The molecule has 140 valence electrons. The van der Waals surface area contributed by atoms with Crippen molar-refractivity contribution in [2.75, 3.05) is 11.1 Å². The van der Waals surface area contributed by atoms with Crippen molar-refractivity contribution < 1.29 is 4.79 Å². The smallest absolute Gasteiger partial charge is 0.234 e. The second kappa shape index (κ2) is 8.59. The van der Waals surface area contributed by atoms with Gasteiger partial charge in [0.25, 0.3) is 0 Å². The zero-order valence-electron chi connectivity index (χ0n) is 15.5. The van der Waals surface area contributed by atoms with Crippen LogP contribution in [0.4, 0.5) is 5.69 Å². The molecule has 3 rings (SSSR count). The van der Waals surface area contributed by atoms with Crippen LogP contribution in [0.25, 0.3) is 11.4 Å². The van der Waals surface area contributed by atoms with Gasteiger partial charge in [0.2, 0.25) is 5.91 Å². The summed E-state index contributed by atoms with van der Waals surface area (Å²) < 4.78 is 2.00. The molecular formula is C20H21ClN4OS. The molecule has 2 aromatic carbocycles. The Morgan fingerprint density at radius 3 is 2.41 bits per heavy atom. The van der Waals surface area contributed by atoms with Crippen molar-refractivity contribution in [1.29, 1.82) is 0 Å². The minimum atomic E-state index is -0.0592. The molecule has 0 saturated heterocycles. The fourth-order valence-electron chi connectivity index (χ4n) is 2.81. The van der Waals surface area contributed by atoms with E-state index in [1.54, 1.807) is 0 Å². The Bertz CT molecular complexity index is 933. The number of hydrogen-bond donors (Lipinski definition) is 1. The zero-order chi connectivity index (χ0) is 19.4. The van der Waals surface area contributed by atoms with Gasteiger partial charge in [0, 0.05) is 22.8 Å². The van der Waals surface area contributed by atoms with E-state index in [0.717, 1.165) is 33.4 Å². The first-order chi connectivity index (χ1) is 13.0. The summed E-state index contributed by atoms with van der Waals surface area (Å²) in [5.41, 5.74) is 3.92. The highest BCUT2D eigenvalue weighted by molar-refractivity contribution is 7.99. The lowest BCUT2D eigenvalue weighted by molar-refractivity contribution is -0.113. The summed E-state index contributed by atoms with van der Waals surface area (Å²) >= 11 is 7.34.